The van der Waals surface area contributed by atoms with Crippen molar-refractivity contribution in [3.05, 3.63) is 12.4 Å². The molecule has 2 atom stereocenters. The third-order valence-corrected chi connectivity index (χ3v) is 2.08. The fourth-order valence-electron chi connectivity index (χ4n) is 1.20. The van der Waals surface area contributed by atoms with Crippen molar-refractivity contribution in [2.75, 3.05) is 13.6 Å². The molecule has 0 saturated heterocycles. The SMILES string of the molecule is CCN1C=CN(C)C1OC(=O)[C@H](C)N. The second-order valence-corrected chi connectivity index (χ2v) is 3.35. The molecule has 1 rings (SSSR count). The van der Waals surface area contributed by atoms with Crippen molar-refractivity contribution in [2.24, 2.45) is 5.73 Å². The van der Waals surface area contributed by atoms with Crippen LogP contribution in [0.5, 0.6) is 0 Å². The lowest BCUT2D eigenvalue weighted by molar-refractivity contribution is -0.167. The molecule has 0 saturated carbocycles. The summed E-state index contributed by atoms with van der Waals surface area (Å²) in [7, 11) is 1.85. The van der Waals surface area contributed by atoms with Crippen molar-refractivity contribution in [1.82, 2.24) is 9.80 Å². The van der Waals surface area contributed by atoms with Gasteiger partial charge in [-0.3, -0.25) is 4.79 Å². The number of esters is 1. The van der Waals surface area contributed by atoms with Crippen molar-refractivity contribution in [2.45, 2.75) is 26.2 Å². The molecule has 0 aromatic rings. The van der Waals surface area contributed by atoms with Gasteiger partial charge in [-0.1, -0.05) is 0 Å². The van der Waals surface area contributed by atoms with Crippen molar-refractivity contribution in [3.63, 3.8) is 0 Å². The van der Waals surface area contributed by atoms with E-state index in [2.05, 4.69) is 0 Å². The van der Waals surface area contributed by atoms with Crippen molar-refractivity contribution < 1.29 is 9.53 Å². The molecule has 14 heavy (non-hydrogen) atoms. The van der Waals surface area contributed by atoms with Gasteiger partial charge in [0.25, 0.3) is 6.35 Å². The van der Waals surface area contributed by atoms with Gasteiger partial charge in [0, 0.05) is 26.0 Å². The second-order valence-electron chi connectivity index (χ2n) is 3.35. The van der Waals surface area contributed by atoms with Crippen LogP contribution in [0.2, 0.25) is 0 Å². The zero-order valence-corrected chi connectivity index (χ0v) is 8.80. The maximum Gasteiger partial charge on any atom is 0.325 e. The zero-order chi connectivity index (χ0) is 10.7. The molecule has 1 aliphatic heterocycles. The fraction of sp³-hybridized carbons (Fsp3) is 0.667. The number of nitrogens with two attached hydrogens (primary N) is 1. The van der Waals surface area contributed by atoms with E-state index in [9.17, 15) is 4.79 Å². The van der Waals surface area contributed by atoms with E-state index in [0.29, 0.717) is 0 Å². The van der Waals surface area contributed by atoms with E-state index in [0.717, 1.165) is 6.54 Å². The Labute approximate surface area is 84.1 Å². The standard InChI is InChI=1S/C9H17N3O2/c1-4-12-6-5-11(3)9(12)14-8(13)7(2)10/h5-7,9H,4,10H2,1-3H3/t7-,9?/m0/s1. The minimum Gasteiger partial charge on any atom is -0.421 e. The minimum atomic E-state index is -0.581. The molecule has 1 unspecified atom stereocenters. The highest BCUT2D eigenvalue weighted by atomic mass is 16.6. The number of hydrogen-bond donors (Lipinski definition) is 1. The summed E-state index contributed by atoms with van der Waals surface area (Å²) < 4.78 is 5.21. The fourth-order valence-corrected chi connectivity index (χ4v) is 1.20. The van der Waals surface area contributed by atoms with Gasteiger partial charge >= 0.3 is 5.97 Å². The highest BCUT2D eigenvalue weighted by molar-refractivity contribution is 5.75. The first-order chi connectivity index (χ1) is 6.56. The number of carbonyl (C=O) groups excluding carboxylic acids is 1. The van der Waals surface area contributed by atoms with Crippen LogP contribution in [-0.2, 0) is 9.53 Å². The summed E-state index contributed by atoms with van der Waals surface area (Å²) in [6, 6.07) is -0.581. The van der Waals surface area contributed by atoms with Crippen LogP contribution < -0.4 is 5.73 Å². The molecular formula is C9H17N3O2. The van der Waals surface area contributed by atoms with Crippen LogP contribution in [0.3, 0.4) is 0 Å². The molecule has 0 aromatic heterocycles. The molecular weight excluding hydrogens is 182 g/mol. The first-order valence-corrected chi connectivity index (χ1v) is 4.68. The van der Waals surface area contributed by atoms with Crippen LogP contribution in [0.15, 0.2) is 12.4 Å². The average molecular weight is 199 g/mol. The summed E-state index contributed by atoms with van der Waals surface area (Å²) in [6.07, 6.45) is 3.40. The van der Waals surface area contributed by atoms with Crippen LogP contribution in [0.25, 0.3) is 0 Å². The van der Waals surface area contributed by atoms with Gasteiger partial charge < -0.3 is 20.3 Å². The first kappa shape index (κ1) is 10.8. The summed E-state index contributed by atoms with van der Waals surface area (Å²) in [5.41, 5.74) is 5.41. The Bertz CT molecular complexity index is 240. The van der Waals surface area contributed by atoms with Gasteiger partial charge in [-0.25, -0.2) is 0 Å². The maximum atomic E-state index is 11.3. The lowest BCUT2D eigenvalue weighted by Gasteiger charge is -2.29. The van der Waals surface area contributed by atoms with Gasteiger partial charge in [0.05, 0.1) is 0 Å². The Hall–Kier alpha value is -1.23. The smallest absolute Gasteiger partial charge is 0.325 e. The van der Waals surface area contributed by atoms with Gasteiger partial charge in [0.2, 0.25) is 0 Å². The maximum absolute atomic E-state index is 11.3. The molecule has 80 valence electrons. The zero-order valence-electron chi connectivity index (χ0n) is 8.80. The van der Waals surface area contributed by atoms with Crippen LogP contribution >= 0.6 is 0 Å². The molecule has 2 N–H and O–H groups in total. The molecule has 0 amide bonds. The van der Waals surface area contributed by atoms with E-state index < -0.39 is 6.04 Å². The summed E-state index contributed by atoms with van der Waals surface area (Å²) in [6.45, 7) is 4.40. The van der Waals surface area contributed by atoms with E-state index in [4.69, 9.17) is 10.5 Å². The lowest BCUT2D eigenvalue weighted by atomic mass is 10.4. The molecule has 0 aliphatic carbocycles. The second kappa shape index (κ2) is 4.32. The highest BCUT2D eigenvalue weighted by Gasteiger charge is 2.27. The van der Waals surface area contributed by atoms with Gasteiger partial charge in [0.15, 0.2) is 0 Å². The molecule has 0 radical (unpaired) electrons. The summed E-state index contributed by atoms with van der Waals surface area (Å²) >= 11 is 0. The van der Waals surface area contributed by atoms with Gasteiger partial charge in [-0.2, -0.15) is 0 Å². The Morgan fingerprint density at radius 2 is 2.29 bits per heavy atom. The van der Waals surface area contributed by atoms with Crippen molar-refractivity contribution in [1.29, 1.82) is 0 Å². The number of ether oxygens (including phenoxy) is 1. The topological polar surface area (TPSA) is 58.8 Å². The molecule has 1 heterocycles. The number of rotatable bonds is 3. The van der Waals surface area contributed by atoms with E-state index in [1.54, 1.807) is 6.92 Å². The highest BCUT2D eigenvalue weighted by Crippen LogP contribution is 2.14. The van der Waals surface area contributed by atoms with Gasteiger partial charge in [-0.15, -0.1) is 0 Å². The third-order valence-electron chi connectivity index (χ3n) is 2.08. The number of hydrogen-bond acceptors (Lipinski definition) is 5. The van der Waals surface area contributed by atoms with Crippen LogP contribution in [0.1, 0.15) is 13.8 Å². The van der Waals surface area contributed by atoms with Crippen LogP contribution in [-0.4, -0.2) is 41.8 Å². The predicted octanol–water partition coefficient (Wildman–Crippen LogP) is -0.101. The normalized spacial score (nSPS) is 22.7. The quantitative estimate of drug-likeness (QED) is 0.643. The predicted molar refractivity (Wildman–Crippen MR) is 52.8 cm³/mol. The molecule has 1 aliphatic rings. The third kappa shape index (κ3) is 2.17. The van der Waals surface area contributed by atoms with Crippen LogP contribution in [0, 0.1) is 0 Å². The monoisotopic (exact) mass is 199 g/mol. The van der Waals surface area contributed by atoms with E-state index in [1.807, 2.05) is 36.2 Å². The largest absolute Gasteiger partial charge is 0.421 e. The molecule has 0 spiro atoms. The summed E-state index contributed by atoms with van der Waals surface area (Å²) in [4.78, 5) is 15.0. The van der Waals surface area contributed by atoms with Crippen molar-refractivity contribution in [3.8, 4) is 0 Å². The molecule has 5 heteroatoms. The summed E-state index contributed by atoms with van der Waals surface area (Å²) in [5, 5.41) is 0. The van der Waals surface area contributed by atoms with Crippen LogP contribution in [0.4, 0.5) is 0 Å². The minimum absolute atomic E-state index is 0.349. The first-order valence-electron chi connectivity index (χ1n) is 4.68. The van der Waals surface area contributed by atoms with Gasteiger partial charge in [0.1, 0.15) is 6.04 Å². The molecule has 0 aromatic carbocycles. The van der Waals surface area contributed by atoms with Crippen molar-refractivity contribution >= 4 is 5.97 Å². The van der Waals surface area contributed by atoms with Gasteiger partial charge in [-0.05, 0) is 13.8 Å². The molecule has 0 bridgehead atoms. The van der Waals surface area contributed by atoms with E-state index in [1.165, 1.54) is 0 Å². The molecule has 0 fully saturated rings. The lowest BCUT2D eigenvalue weighted by Crippen LogP contribution is -2.43. The Morgan fingerprint density at radius 1 is 1.64 bits per heavy atom. The number of nitrogens with zero attached hydrogens (tertiary/aromatic N) is 2. The average Bonchev–Trinajstić information content (AvgIpc) is 2.47. The van der Waals surface area contributed by atoms with E-state index in [-0.39, 0.29) is 12.3 Å². The Balaban J connectivity index is 2.55. The number of carbonyl (C=O) groups is 1. The Morgan fingerprint density at radius 3 is 2.79 bits per heavy atom. The molecule has 5 nitrogen and oxygen atoms in total. The summed E-state index contributed by atoms with van der Waals surface area (Å²) in [5.74, 6) is -0.385. The Kier molecular flexibility index (Phi) is 3.35. The van der Waals surface area contributed by atoms with E-state index >= 15 is 0 Å².